The van der Waals surface area contributed by atoms with Crippen molar-refractivity contribution >= 4 is 5.82 Å². The Morgan fingerprint density at radius 1 is 1.38 bits per heavy atom. The van der Waals surface area contributed by atoms with Crippen molar-refractivity contribution in [3.63, 3.8) is 0 Å². The second-order valence-corrected chi connectivity index (χ2v) is 3.89. The molecule has 0 unspecified atom stereocenters. The van der Waals surface area contributed by atoms with E-state index in [0.717, 1.165) is 11.6 Å². The molecule has 2 N–H and O–H groups in total. The summed E-state index contributed by atoms with van der Waals surface area (Å²) in [6.07, 6.45) is 8.35. The van der Waals surface area contributed by atoms with Crippen LogP contribution in [0.2, 0.25) is 0 Å². The molecule has 3 nitrogen and oxygen atoms in total. The van der Waals surface area contributed by atoms with Crippen molar-refractivity contribution in [3.8, 4) is 0 Å². The summed E-state index contributed by atoms with van der Waals surface area (Å²) in [5.74, 6) is 1.88. The Balaban J connectivity index is 2.22. The summed E-state index contributed by atoms with van der Waals surface area (Å²) < 4.78 is 2.19. The molecule has 0 amide bonds. The zero-order valence-corrected chi connectivity index (χ0v) is 8.16. The van der Waals surface area contributed by atoms with Gasteiger partial charge in [-0.1, -0.05) is 19.3 Å². The first-order valence-corrected chi connectivity index (χ1v) is 5.08. The topological polar surface area (TPSA) is 43.8 Å². The molecule has 2 rings (SSSR count). The summed E-state index contributed by atoms with van der Waals surface area (Å²) in [4.78, 5) is 4.23. The minimum absolute atomic E-state index is 0.608. The summed E-state index contributed by atoms with van der Waals surface area (Å²) in [5, 5.41) is 0. The smallest absolute Gasteiger partial charge is 0.123 e. The molecule has 0 saturated heterocycles. The van der Waals surface area contributed by atoms with Crippen molar-refractivity contribution in [1.29, 1.82) is 0 Å². The first kappa shape index (κ1) is 8.60. The standard InChI is InChI=1S/C10H17N3/c1-8-12-7-10(11)13(8)9-5-3-2-4-6-9/h7,9H,2-6,11H2,1H3. The van der Waals surface area contributed by atoms with E-state index in [2.05, 4.69) is 9.55 Å². The highest BCUT2D eigenvalue weighted by Gasteiger charge is 2.18. The van der Waals surface area contributed by atoms with Crippen LogP contribution in [0.3, 0.4) is 0 Å². The number of nitrogens with two attached hydrogens (primary N) is 1. The quantitative estimate of drug-likeness (QED) is 0.718. The van der Waals surface area contributed by atoms with E-state index in [1.54, 1.807) is 6.20 Å². The Morgan fingerprint density at radius 2 is 2.08 bits per heavy atom. The largest absolute Gasteiger partial charge is 0.384 e. The van der Waals surface area contributed by atoms with Gasteiger partial charge >= 0.3 is 0 Å². The minimum atomic E-state index is 0.608. The van der Waals surface area contributed by atoms with Gasteiger partial charge in [-0.15, -0.1) is 0 Å². The van der Waals surface area contributed by atoms with Crippen molar-refractivity contribution < 1.29 is 0 Å². The second kappa shape index (κ2) is 3.40. The number of aryl methyl sites for hydroxylation is 1. The Labute approximate surface area is 79.0 Å². The van der Waals surface area contributed by atoms with E-state index in [0.29, 0.717) is 6.04 Å². The van der Waals surface area contributed by atoms with Crippen molar-refractivity contribution in [3.05, 3.63) is 12.0 Å². The molecule has 1 aliphatic carbocycles. The Kier molecular flexibility index (Phi) is 2.25. The van der Waals surface area contributed by atoms with Crippen LogP contribution in [0.4, 0.5) is 5.82 Å². The fourth-order valence-electron chi connectivity index (χ4n) is 2.29. The van der Waals surface area contributed by atoms with Crippen molar-refractivity contribution in [2.45, 2.75) is 45.1 Å². The van der Waals surface area contributed by atoms with Crippen LogP contribution in [-0.4, -0.2) is 9.55 Å². The fraction of sp³-hybridized carbons (Fsp3) is 0.700. The van der Waals surface area contributed by atoms with E-state index in [1.807, 2.05) is 6.92 Å². The maximum absolute atomic E-state index is 5.87. The molecule has 1 aromatic heterocycles. The van der Waals surface area contributed by atoms with E-state index in [4.69, 9.17) is 5.73 Å². The molecule has 0 atom stereocenters. The summed E-state index contributed by atoms with van der Waals surface area (Å²) in [6, 6.07) is 0.608. The normalized spacial score (nSPS) is 19.2. The monoisotopic (exact) mass is 179 g/mol. The Bertz CT molecular complexity index is 265. The fourth-order valence-corrected chi connectivity index (χ4v) is 2.29. The number of hydrogen-bond donors (Lipinski definition) is 1. The van der Waals surface area contributed by atoms with Gasteiger partial charge in [0.05, 0.1) is 6.20 Å². The van der Waals surface area contributed by atoms with Gasteiger partial charge in [0.15, 0.2) is 0 Å². The maximum atomic E-state index is 5.87. The summed E-state index contributed by atoms with van der Waals surface area (Å²) in [6.45, 7) is 2.03. The first-order chi connectivity index (χ1) is 6.29. The first-order valence-electron chi connectivity index (χ1n) is 5.08. The molecule has 0 aliphatic heterocycles. The molecule has 0 bridgehead atoms. The number of hydrogen-bond acceptors (Lipinski definition) is 2. The zero-order chi connectivity index (χ0) is 9.26. The molecule has 0 aromatic carbocycles. The molecule has 1 fully saturated rings. The molecule has 1 aromatic rings. The summed E-state index contributed by atoms with van der Waals surface area (Å²) >= 11 is 0. The van der Waals surface area contributed by atoms with Crippen LogP contribution in [0, 0.1) is 6.92 Å². The molecule has 13 heavy (non-hydrogen) atoms. The average molecular weight is 179 g/mol. The number of nitrogens with zero attached hydrogens (tertiary/aromatic N) is 2. The maximum Gasteiger partial charge on any atom is 0.123 e. The van der Waals surface area contributed by atoms with Crippen LogP contribution in [0.15, 0.2) is 6.20 Å². The van der Waals surface area contributed by atoms with Crippen molar-refractivity contribution in [1.82, 2.24) is 9.55 Å². The molecule has 1 heterocycles. The van der Waals surface area contributed by atoms with Gasteiger partial charge in [0.2, 0.25) is 0 Å². The van der Waals surface area contributed by atoms with Crippen molar-refractivity contribution in [2.75, 3.05) is 5.73 Å². The third kappa shape index (κ3) is 1.55. The number of rotatable bonds is 1. The summed E-state index contributed by atoms with van der Waals surface area (Å²) in [7, 11) is 0. The lowest BCUT2D eigenvalue weighted by molar-refractivity contribution is 0.351. The van der Waals surface area contributed by atoms with Gasteiger partial charge < -0.3 is 10.3 Å². The van der Waals surface area contributed by atoms with Gasteiger partial charge in [-0.05, 0) is 19.8 Å². The number of nitrogen functional groups attached to an aromatic ring is 1. The lowest BCUT2D eigenvalue weighted by Crippen LogP contribution is -2.15. The van der Waals surface area contributed by atoms with E-state index in [1.165, 1.54) is 32.1 Å². The van der Waals surface area contributed by atoms with E-state index in [-0.39, 0.29) is 0 Å². The highest BCUT2D eigenvalue weighted by molar-refractivity contribution is 5.28. The van der Waals surface area contributed by atoms with Crippen LogP contribution in [0.5, 0.6) is 0 Å². The minimum Gasteiger partial charge on any atom is -0.384 e. The lowest BCUT2D eigenvalue weighted by Gasteiger charge is -2.25. The van der Waals surface area contributed by atoms with Crippen LogP contribution in [0.25, 0.3) is 0 Å². The van der Waals surface area contributed by atoms with Gasteiger partial charge in [-0.3, -0.25) is 0 Å². The van der Waals surface area contributed by atoms with Crippen LogP contribution in [-0.2, 0) is 0 Å². The highest BCUT2D eigenvalue weighted by atomic mass is 15.1. The van der Waals surface area contributed by atoms with Gasteiger partial charge in [0.1, 0.15) is 11.6 Å². The Morgan fingerprint density at radius 3 is 2.62 bits per heavy atom. The molecule has 72 valence electrons. The lowest BCUT2D eigenvalue weighted by atomic mass is 9.95. The number of aromatic nitrogens is 2. The molecule has 1 aliphatic rings. The molecular weight excluding hydrogens is 162 g/mol. The molecule has 0 spiro atoms. The van der Waals surface area contributed by atoms with Gasteiger partial charge in [-0.2, -0.15) is 0 Å². The molecular formula is C10H17N3. The van der Waals surface area contributed by atoms with Gasteiger partial charge in [-0.25, -0.2) is 4.98 Å². The second-order valence-electron chi connectivity index (χ2n) is 3.89. The third-order valence-corrected chi connectivity index (χ3v) is 2.95. The van der Waals surface area contributed by atoms with Gasteiger partial charge in [0.25, 0.3) is 0 Å². The van der Waals surface area contributed by atoms with E-state index < -0.39 is 0 Å². The average Bonchev–Trinajstić information content (AvgIpc) is 2.48. The number of imidazole rings is 1. The molecule has 1 saturated carbocycles. The van der Waals surface area contributed by atoms with Crippen LogP contribution < -0.4 is 5.73 Å². The summed E-state index contributed by atoms with van der Waals surface area (Å²) in [5.41, 5.74) is 5.87. The molecule has 0 radical (unpaired) electrons. The molecule has 3 heteroatoms. The van der Waals surface area contributed by atoms with Gasteiger partial charge in [0, 0.05) is 6.04 Å². The van der Waals surface area contributed by atoms with Crippen molar-refractivity contribution in [2.24, 2.45) is 0 Å². The SMILES string of the molecule is Cc1ncc(N)n1C1CCCCC1. The zero-order valence-electron chi connectivity index (χ0n) is 8.16. The number of anilines is 1. The predicted molar refractivity (Wildman–Crippen MR) is 53.5 cm³/mol. The van der Waals surface area contributed by atoms with Crippen LogP contribution >= 0.6 is 0 Å². The van der Waals surface area contributed by atoms with Crippen LogP contribution in [0.1, 0.15) is 44.0 Å². The third-order valence-electron chi connectivity index (χ3n) is 2.95. The Hall–Kier alpha value is -0.990. The van der Waals surface area contributed by atoms with E-state index >= 15 is 0 Å². The predicted octanol–water partition coefficient (Wildman–Crippen LogP) is 2.28. The highest BCUT2D eigenvalue weighted by Crippen LogP contribution is 2.30. The van der Waals surface area contributed by atoms with E-state index in [9.17, 15) is 0 Å².